The van der Waals surface area contributed by atoms with Crippen LogP contribution in [0.2, 0.25) is 0 Å². The summed E-state index contributed by atoms with van der Waals surface area (Å²) >= 11 is 5.85. The van der Waals surface area contributed by atoms with E-state index in [2.05, 4.69) is 61.2 Å². The Morgan fingerprint density at radius 3 is 2.61 bits per heavy atom. The van der Waals surface area contributed by atoms with E-state index < -0.39 is 0 Å². The van der Waals surface area contributed by atoms with Crippen LogP contribution >= 0.6 is 12.2 Å². The zero-order valence-corrected chi connectivity index (χ0v) is 19.6. The summed E-state index contributed by atoms with van der Waals surface area (Å²) in [5.41, 5.74) is 3.24. The summed E-state index contributed by atoms with van der Waals surface area (Å²) in [6, 6.07) is 18.4. The normalized spacial score (nSPS) is 21.2. The molecule has 0 saturated carbocycles. The Morgan fingerprint density at radius 1 is 1.06 bits per heavy atom. The molecule has 1 aromatic carbocycles. The molecular formula is C25H29N5O2S. The lowest BCUT2D eigenvalue weighted by atomic mass is 10.0. The monoisotopic (exact) mass is 463 g/mol. The fraction of sp³-hybridized carbons (Fsp3) is 0.360. The quantitative estimate of drug-likeness (QED) is 0.540. The summed E-state index contributed by atoms with van der Waals surface area (Å²) in [5.74, 6) is 0.842. The second-order valence-electron chi connectivity index (χ2n) is 8.28. The van der Waals surface area contributed by atoms with Gasteiger partial charge in [-0.05, 0) is 60.7 Å². The second kappa shape index (κ2) is 9.91. The van der Waals surface area contributed by atoms with Crippen molar-refractivity contribution in [1.29, 1.82) is 0 Å². The number of rotatable bonds is 7. The van der Waals surface area contributed by atoms with Crippen LogP contribution in [0.1, 0.15) is 23.5 Å². The van der Waals surface area contributed by atoms with E-state index in [-0.39, 0.29) is 12.1 Å². The predicted molar refractivity (Wildman–Crippen MR) is 132 cm³/mol. The second-order valence-corrected chi connectivity index (χ2v) is 8.66. The van der Waals surface area contributed by atoms with Crippen LogP contribution in [0, 0.1) is 0 Å². The van der Waals surface area contributed by atoms with E-state index in [0.29, 0.717) is 0 Å². The molecule has 2 aliphatic rings. The fourth-order valence-electron chi connectivity index (χ4n) is 4.65. The molecule has 172 valence electrons. The first kappa shape index (κ1) is 21.9. The molecule has 4 heterocycles. The van der Waals surface area contributed by atoms with Crippen LogP contribution in [0.25, 0.3) is 5.69 Å². The zero-order chi connectivity index (χ0) is 22.6. The van der Waals surface area contributed by atoms with Crippen LogP contribution in [0.4, 0.5) is 0 Å². The molecule has 3 aromatic rings. The highest BCUT2D eigenvalue weighted by Crippen LogP contribution is 2.39. The topological polar surface area (TPSA) is 54.8 Å². The number of aromatic nitrogens is 2. The molecule has 33 heavy (non-hydrogen) atoms. The molecule has 7 nitrogen and oxygen atoms in total. The first-order valence-corrected chi connectivity index (χ1v) is 11.8. The average molecular weight is 464 g/mol. The van der Waals surface area contributed by atoms with Gasteiger partial charge in [0.15, 0.2) is 5.11 Å². The number of benzene rings is 1. The van der Waals surface area contributed by atoms with Crippen molar-refractivity contribution in [3.63, 3.8) is 0 Å². The number of morpholine rings is 1. The van der Waals surface area contributed by atoms with Crippen molar-refractivity contribution in [2.75, 3.05) is 46.5 Å². The maximum Gasteiger partial charge on any atom is 0.170 e. The van der Waals surface area contributed by atoms with Gasteiger partial charge in [0.25, 0.3) is 0 Å². The number of methoxy groups -OCH3 is 1. The van der Waals surface area contributed by atoms with Crippen LogP contribution in [0.15, 0.2) is 67.0 Å². The third-order valence-electron chi connectivity index (χ3n) is 6.39. The van der Waals surface area contributed by atoms with Crippen molar-refractivity contribution in [2.45, 2.75) is 12.1 Å². The summed E-state index contributed by atoms with van der Waals surface area (Å²) in [4.78, 5) is 9.43. The minimum Gasteiger partial charge on any atom is -0.497 e. The van der Waals surface area contributed by atoms with E-state index in [1.807, 2.05) is 30.5 Å². The predicted octanol–water partition coefficient (Wildman–Crippen LogP) is 3.19. The number of hydrogen-bond donors (Lipinski definition) is 1. The van der Waals surface area contributed by atoms with Gasteiger partial charge >= 0.3 is 0 Å². The standard InChI is InChI=1S/C25H29N5O2S/c1-31-20-9-7-19(8-10-20)29-12-4-6-22(29)24-23(21-5-2-3-11-26-21)27-25(33)30(24)14-13-28-15-17-32-18-16-28/h2-12,23-24H,13-18H2,1H3,(H,27,33). The number of hydrogen-bond acceptors (Lipinski definition) is 5. The van der Waals surface area contributed by atoms with Crippen LogP contribution in [0.3, 0.4) is 0 Å². The lowest BCUT2D eigenvalue weighted by Crippen LogP contribution is -2.42. The zero-order valence-electron chi connectivity index (χ0n) is 18.8. The molecule has 1 N–H and O–H groups in total. The van der Waals surface area contributed by atoms with Crippen LogP contribution < -0.4 is 10.1 Å². The Hall–Kier alpha value is -2.94. The minimum atomic E-state index is -0.0321. The molecule has 5 rings (SSSR count). The van der Waals surface area contributed by atoms with Gasteiger partial charge in [-0.25, -0.2) is 0 Å². The molecule has 0 spiro atoms. The number of pyridine rings is 1. The van der Waals surface area contributed by atoms with Gasteiger partial charge in [0.1, 0.15) is 5.75 Å². The maximum atomic E-state index is 5.85. The van der Waals surface area contributed by atoms with E-state index in [0.717, 1.165) is 61.6 Å². The molecule has 2 unspecified atom stereocenters. The first-order valence-electron chi connectivity index (χ1n) is 11.3. The molecule has 0 radical (unpaired) electrons. The van der Waals surface area contributed by atoms with Gasteiger partial charge in [0.05, 0.1) is 38.1 Å². The molecule has 0 amide bonds. The largest absolute Gasteiger partial charge is 0.497 e. The highest BCUT2D eigenvalue weighted by Gasteiger charge is 2.41. The highest BCUT2D eigenvalue weighted by atomic mass is 32.1. The SMILES string of the molecule is COc1ccc(-n2cccc2C2C(c3ccccn3)NC(=S)N2CCN2CCOCC2)cc1. The van der Waals surface area contributed by atoms with Gasteiger partial charge in [0.2, 0.25) is 0 Å². The maximum absolute atomic E-state index is 5.85. The number of ether oxygens (including phenoxy) is 2. The summed E-state index contributed by atoms with van der Waals surface area (Å²) in [7, 11) is 1.69. The Bertz CT molecular complexity index is 1070. The van der Waals surface area contributed by atoms with Crippen molar-refractivity contribution < 1.29 is 9.47 Å². The third-order valence-corrected chi connectivity index (χ3v) is 6.74. The van der Waals surface area contributed by atoms with E-state index in [1.165, 1.54) is 5.69 Å². The van der Waals surface area contributed by atoms with Crippen molar-refractivity contribution >= 4 is 17.3 Å². The van der Waals surface area contributed by atoms with Crippen molar-refractivity contribution in [2.24, 2.45) is 0 Å². The van der Waals surface area contributed by atoms with Gasteiger partial charge in [-0.1, -0.05) is 6.07 Å². The molecule has 2 aliphatic heterocycles. The molecule has 2 saturated heterocycles. The van der Waals surface area contributed by atoms with E-state index in [9.17, 15) is 0 Å². The van der Waals surface area contributed by atoms with Crippen LogP contribution in [-0.4, -0.2) is 71.0 Å². The van der Waals surface area contributed by atoms with Crippen LogP contribution in [-0.2, 0) is 4.74 Å². The van der Waals surface area contributed by atoms with Gasteiger partial charge in [-0.15, -0.1) is 0 Å². The lowest BCUT2D eigenvalue weighted by molar-refractivity contribution is 0.0349. The molecule has 2 atom stereocenters. The summed E-state index contributed by atoms with van der Waals surface area (Å²) in [5, 5.41) is 4.33. The first-order chi connectivity index (χ1) is 16.2. The molecular weight excluding hydrogens is 434 g/mol. The summed E-state index contributed by atoms with van der Waals surface area (Å²) in [6.45, 7) is 5.30. The molecule has 2 aromatic heterocycles. The van der Waals surface area contributed by atoms with E-state index in [1.54, 1.807) is 7.11 Å². The number of thiocarbonyl (C=S) groups is 1. The summed E-state index contributed by atoms with van der Waals surface area (Å²) < 4.78 is 13.1. The molecule has 8 heteroatoms. The Labute approximate surface area is 199 Å². The Balaban J connectivity index is 1.48. The van der Waals surface area contributed by atoms with Gasteiger partial charge in [-0.2, -0.15) is 0 Å². The van der Waals surface area contributed by atoms with Gasteiger partial charge in [-0.3, -0.25) is 9.88 Å². The van der Waals surface area contributed by atoms with Crippen molar-refractivity contribution in [3.8, 4) is 11.4 Å². The third kappa shape index (κ3) is 4.59. The molecule has 2 fully saturated rings. The Kier molecular flexibility index (Phi) is 6.57. The molecule has 0 aliphatic carbocycles. The van der Waals surface area contributed by atoms with Crippen molar-refractivity contribution in [3.05, 3.63) is 78.4 Å². The van der Waals surface area contributed by atoms with Gasteiger partial charge < -0.3 is 24.3 Å². The Morgan fingerprint density at radius 2 is 1.88 bits per heavy atom. The average Bonchev–Trinajstić information content (AvgIpc) is 3.48. The van der Waals surface area contributed by atoms with E-state index >= 15 is 0 Å². The number of nitrogens with one attached hydrogen (secondary N) is 1. The smallest absolute Gasteiger partial charge is 0.170 e. The molecule has 0 bridgehead atoms. The fourth-order valence-corrected chi connectivity index (χ4v) is 4.99. The number of nitrogens with zero attached hydrogens (tertiary/aromatic N) is 4. The van der Waals surface area contributed by atoms with E-state index in [4.69, 9.17) is 21.7 Å². The minimum absolute atomic E-state index is 0.0190. The van der Waals surface area contributed by atoms with Gasteiger partial charge in [0, 0.05) is 50.0 Å². The lowest BCUT2D eigenvalue weighted by Gasteiger charge is -2.32. The van der Waals surface area contributed by atoms with Crippen molar-refractivity contribution in [1.82, 2.24) is 24.7 Å². The summed E-state index contributed by atoms with van der Waals surface area (Å²) in [6.07, 6.45) is 3.95. The van der Waals surface area contributed by atoms with Crippen LogP contribution in [0.5, 0.6) is 5.75 Å². The highest BCUT2D eigenvalue weighted by molar-refractivity contribution is 7.80.